The number of aromatic nitrogens is 2. The predicted molar refractivity (Wildman–Crippen MR) is 103 cm³/mol. The average Bonchev–Trinajstić information content (AvgIpc) is 2.51. The van der Waals surface area contributed by atoms with Crippen LogP contribution in [0.2, 0.25) is 0 Å². The summed E-state index contributed by atoms with van der Waals surface area (Å²) in [6, 6.07) is 5.48. The highest BCUT2D eigenvalue weighted by molar-refractivity contribution is 9.10. The van der Waals surface area contributed by atoms with Gasteiger partial charge in [0, 0.05) is 17.6 Å². The number of carbonyl (C=O) groups excluding carboxylic acids is 1. The molecule has 0 fully saturated rings. The van der Waals surface area contributed by atoms with Gasteiger partial charge in [-0.15, -0.1) is 0 Å². The van der Waals surface area contributed by atoms with Crippen molar-refractivity contribution in [1.82, 2.24) is 14.9 Å². The summed E-state index contributed by atoms with van der Waals surface area (Å²) in [7, 11) is 0. The maximum Gasteiger partial charge on any atom is 0.262 e. The van der Waals surface area contributed by atoms with Gasteiger partial charge in [-0.05, 0) is 38.0 Å². The minimum Gasteiger partial charge on any atom is -0.355 e. The molecule has 130 valence electrons. The lowest BCUT2D eigenvalue weighted by Crippen LogP contribution is -2.32. The second kappa shape index (κ2) is 8.16. The van der Waals surface area contributed by atoms with Crippen LogP contribution in [-0.2, 0) is 11.3 Å². The van der Waals surface area contributed by atoms with Crippen LogP contribution in [0.3, 0.4) is 0 Å². The molecular weight excluding hydrogens is 390 g/mol. The summed E-state index contributed by atoms with van der Waals surface area (Å²) in [5.41, 5.74) is 0.578. The lowest BCUT2D eigenvalue weighted by molar-refractivity contribution is -0.120. The topological polar surface area (TPSA) is 64.0 Å². The number of rotatable bonds is 6. The van der Waals surface area contributed by atoms with Gasteiger partial charge < -0.3 is 5.32 Å². The molecule has 1 N–H and O–H groups in total. The van der Waals surface area contributed by atoms with E-state index < -0.39 is 0 Å². The summed E-state index contributed by atoms with van der Waals surface area (Å²) < 4.78 is 2.53. The Labute approximate surface area is 154 Å². The maximum absolute atomic E-state index is 12.9. The summed E-state index contributed by atoms with van der Waals surface area (Å²) in [4.78, 5) is 29.6. The van der Waals surface area contributed by atoms with Gasteiger partial charge in [-0.25, -0.2) is 4.98 Å². The van der Waals surface area contributed by atoms with E-state index in [-0.39, 0.29) is 16.7 Å². The molecule has 2 rings (SSSR count). The molecule has 0 unspecified atom stereocenters. The average molecular weight is 412 g/mol. The van der Waals surface area contributed by atoms with Gasteiger partial charge in [-0.2, -0.15) is 0 Å². The fourth-order valence-corrected chi connectivity index (χ4v) is 3.62. The highest BCUT2D eigenvalue weighted by Gasteiger charge is 2.19. The third kappa shape index (κ3) is 4.39. The second-order valence-electron chi connectivity index (χ2n) is 6.02. The zero-order chi connectivity index (χ0) is 17.9. The van der Waals surface area contributed by atoms with Crippen LogP contribution in [0.5, 0.6) is 0 Å². The molecule has 0 saturated carbocycles. The Kier molecular flexibility index (Phi) is 6.46. The number of carbonyl (C=O) groups is 1. The van der Waals surface area contributed by atoms with Crippen molar-refractivity contribution in [2.45, 2.75) is 44.6 Å². The molecule has 0 saturated heterocycles. The van der Waals surface area contributed by atoms with Crippen molar-refractivity contribution in [1.29, 1.82) is 0 Å². The number of amides is 1. The monoisotopic (exact) mass is 411 g/mol. The summed E-state index contributed by atoms with van der Waals surface area (Å²) >= 11 is 4.72. The zero-order valence-corrected chi connectivity index (χ0v) is 16.7. The Morgan fingerprint density at radius 1 is 1.38 bits per heavy atom. The molecule has 7 heteroatoms. The fourth-order valence-electron chi connectivity index (χ4n) is 2.32. The third-order valence-electron chi connectivity index (χ3n) is 3.43. The Hall–Kier alpha value is -1.34. The van der Waals surface area contributed by atoms with Crippen molar-refractivity contribution in [2.24, 2.45) is 5.92 Å². The van der Waals surface area contributed by atoms with E-state index in [1.54, 1.807) is 10.6 Å². The van der Waals surface area contributed by atoms with E-state index in [0.29, 0.717) is 35.1 Å². The first-order valence-corrected chi connectivity index (χ1v) is 9.65. The number of hydrogen-bond donors (Lipinski definition) is 1. The predicted octanol–water partition coefficient (Wildman–Crippen LogP) is 3.43. The first-order valence-electron chi connectivity index (χ1n) is 7.98. The summed E-state index contributed by atoms with van der Waals surface area (Å²) in [6.45, 7) is 8.97. The molecule has 5 nitrogen and oxygen atoms in total. The van der Waals surface area contributed by atoms with Gasteiger partial charge in [-0.3, -0.25) is 14.2 Å². The summed E-state index contributed by atoms with van der Waals surface area (Å²) in [5, 5.41) is 3.66. The minimum atomic E-state index is -0.317. The van der Waals surface area contributed by atoms with Crippen LogP contribution in [-0.4, -0.2) is 27.3 Å². The van der Waals surface area contributed by atoms with E-state index in [4.69, 9.17) is 0 Å². The molecule has 1 heterocycles. The molecule has 0 bridgehead atoms. The highest BCUT2D eigenvalue weighted by Crippen LogP contribution is 2.24. The van der Waals surface area contributed by atoms with Gasteiger partial charge in [0.25, 0.3) is 5.56 Å². The van der Waals surface area contributed by atoms with Crippen LogP contribution in [0.4, 0.5) is 0 Å². The van der Waals surface area contributed by atoms with E-state index in [0.717, 1.165) is 4.47 Å². The molecule has 0 spiro atoms. The molecule has 0 radical (unpaired) electrons. The molecule has 2 aromatic rings. The first-order chi connectivity index (χ1) is 11.3. The molecule has 1 aromatic heterocycles. The minimum absolute atomic E-state index is 0.0521. The van der Waals surface area contributed by atoms with Crippen molar-refractivity contribution in [2.75, 3.05) is 6.54 Å². The Balaban J connectivity index is 2.52. The van der Waals surface area contributed by atoms with Crippen LogP contribution in [0.1, 0.15) is 27.7 Å². The van der Waals surface area contributed by atoms with Crippen molar-refractivity contribution in [3.63, 3.8) is 0 Å². The van der Waals surface area contributed by atoms with E-state index in [9.17, 15) is 9.59 Å². The fraction of sp³-hybridized carbons (Fsp3) is 0.471. The van der Waals surface area contributed by atoms with Crippen LogP contribution >= 0.6 is 27.7 Å². The van der Waals surface area contributed by atoms with Crippen LogP contribution in [0, 0.1) is 5.92 Å². The normalized spacial score (nSPS) is 12.6. The molecule has 0 aliphatic heterocycles. The Morgan fingerprint density at radius 2 is 2.08 bits per heavy atom. The van der Waals surface area contributed by atoms with Gasteiger partial charge in [0.1, 0.15) is 0 Å². The van der Waals surface area contributed by atoms with Crippen molar-refractivity contribution >= 4 is 44.5 Å². The number of halogens is 1. The number of thioether (sulfide) groups is 1. The number of nitrogens with one attached hydrogen (secondary N) is 1. The third-order valence-corrected chi connectivity index (χ3v) is 5.01. The molecule has 0 aliphatic rings. The largest absolute Gasteiger partial charge is 0.355 e. The molecule has 1 atom stereocenters. The van der Waals surface area contributed by atoms with Gasteiger partial charge in [-0.1, -0.05) is 41.5 Å². The van der Waals surface area contributed by atoms with E-state index in [2.05, 4.69) is 40.1 Å². The second-order valence-corrected chi connectivity index (χ2v) is 8.24. The maximum atomic E-state index is 12.9. The van der Waals surface area contributed by atoms with Gasteiger partial charge in [0.15, 0.2) is 5.16 Å². The van der Waals surface area contributed by atoms with Crippen molar-refractivity contribution in [3.05, 3.63) is 33.0 Å². The smallest absolute Gasteiger partial charge is 0.262 e. The SMILES string of the molecule is CCNC(=O)[C@H](C)Sc1nc2ccc(Br)cc2c(=O)n1CC(C)C. The molecule has 1 aromatic carbocycles. The lowest BCUT2D eigenvalue weighted by Gasteiger charge is -2.17. The Bertz CT molecular complexity index is 804. The van der Waals surface area contributed by atoms with Gasteiger partial charge in [0.05, 0.1) is 16.2 Å². The van der Waals surface area contributed by atoms with Gasteiger partial charge in [0.2, 0.25) is 5.91 Å². The quantitative estimate of drug-likeness (QED) is 0.583. The standard InChI is InChI=1S/C17H22BrN3O2S/c1-5-19-15(22)11(4)24-17-20-14-7-6-12(18)8-13(14)16(23)21(17)9-10(2)3/h6-8,10-11H,5,9H2,1-4H3,(H,19,22)/t11-/m0/s1. The summed E-state index contributed by atoms with van der Waals surface area (Å²) in [5.74, 6) is 0.247. The van der Waals surface area contributed by atoms with E-state index >= 15 is 0 Å². The van der Waals surface area contributed by atoms with E-state index in [1.807, 2.05) is 26.0 Å². The van der Waals surface area contributed by atoms with Gasteiger partial charge >= 0.3 is 0 Å². The molecule has 0 aliphatic carbocycles. The molecule has 1 amide bonds. The first kappa shape index (κ1) is 19.0. The molecular formula is C17H22BrN3O2S. The molecule has 24 heavy (non-hydrogen) atoms. The van der Waals surface area contributed by atoms with Crippen LogP contribution in [0.15, 0.2) is 32.6 Å². The lowest BCUT2D eigenvalue weighted by atomic mass is 10.2. The van der Waals surface area contributed by atoms with Crippen LogP contribution < -0.4 is 10.9 Å². The van der Waals surface area contributed by atoms with Crippen LogP contribution in [0.25, 0.3) is 10.9 Å². The number of fused-ring (bicyclic) bond motifs is 1. The highest BCUT2D eigenvalue weighted by atomic mass is 79.9. The summed E-state index contributed by atoms with van der Waals surface area (Å²) in [6.07, 6.45) is 0. The van der Waals surface area contributed by atoms with Crippen molar-refractivity contribution in [3.8, 4) is 0 Å². The zero-order valence-electron chi connectivity index (χ0n) is 14.3. The van der Waals surface area contributed by atoms with E-state index in [1.165, 1.54) is 11.8 Å². The number of benzene rings is 1. The number of nitrogens with zero attached hydrogens (tertiary/aromatic N) is 2. The Morgan fingerprint density at radius 3 is 2.71 bits per heavy atom. The van der Waals surface area contributed by atoms with Crippen molar-refractivity contribution < 1.29 is 4.79 Å². The number of hydrogen-bond acceptors (Lipinski definition) is 4.